The smallest absolute Gasteiger partial charge is 0.397 e. The van der Waals surface area contributed by atoms with Crippen molar-refractivity contribution in [3.05, 3.63) is 81.9 Å². The number of phenols is 1. The van der Waals surface area contributed by atoms with Crippen molar-refractivity contribution in [1.82, 2.24) is 0 Å². The van der Waals surface area contributed by atoms with Crippen LogP contribution in [0, 0.1) is 13.8 Å². The molecule has 0 heterocycles. The number of aromatic hydroxyl groups is 1. The van der Waals surface area contributed by atoms with E-state index in [0.29, 0.717) is 28.6 Å². The fourth-order valence-electron chi connectivity index (χ4n) is 3.27. The van der Waals surface area contributed by atoms with Crippen LogP contribution in [0.5, 0.6) is 17.2 Å². The molecule has 3 aromatic carbocycles. The van der Waals surface area contributed by atoms with Gasteiger partial charge in [-0.1, -0.05) is 23.7 Å². The van der Waals surface area contributed by atoms with Gasteiger partial charge in [-0.05, 0) is 79.9 Å². The third-order valence-electron chi connectivity index (χ3n) is 4.76. The van der Waals surface area contributed by atoms with Gasteiger partial charge in [0.25, 0.3) is 0 Å². The van der Waals surface area contributed by atoms with E-state index < -0.39 is 11.9 Å². The molecule has 0 aliphatic carbocycles. The van der Waals surface area contributed by atoms with Crippen LogP contribution in [0.15, 0.2) is 54.6 Å². The molecule has 0 fully saturated rings. The minimum Gasteiger partial charge on any atom is -0.508 e. The number of hydrogen-bond acceptors (Lipinski definition) is 5. The number of nitrogens with one attached hydrogen (secondary N) is 1. The van der Waals surface area contributed by atoms with E-state index in [9.17, 15) is 14.7 Å². The number of ether oxygens (including phenoxy) is 2. The molecule has 3 rings (SSSR count). The molecular formula is C25H24ClNO5. The zero-order chi connectivity index (χ0) is 23.3. The average molecular weight is 454 g/mol. The second kappa shape index (κ2) is 10.2. The standard InChI is InChI=1S/C25H24ClNO5/c1-4-31-25(30)24(29)27-20-11-15(2)23(16(3)12-20)32-21-9-10-22(28)18(14-21)13-17-5-7-19(26)8-6-17/h5-12,14,28H,4,13H2,1-3H3,(H,27,29). The average Bonchev–Trinajstić information content (AvgIpc) is 2.74. The number of halogens is 1. The minimum atomic E-state index is -0.930. The van der Waals surface area contributed by atoms with Crippen molar-refractivity contribution in [2.75, 3.05) is 11.9 Å². The maximum Gasteiger partial charge on any atom is 0.397 e. The lowest BCUT2D eigenvalue weighted by Crippen LogP contribution is -2.25. The molecule has 0 atom stereocenters. The zero-order valence-electron chi connectivity index (χ0n) is 18.1. The maximum atomic E-state index is 11.9. The van der Waals surface area contributed by atoms with E-state index in [1.54, 1.807) is 37.3 Å². The summed E-state index contributed by atoms with van der Waals surface area (Å²) in [5, 5.41) is 13.5. The number of phenolic OH excluding ortho intramolecular Hbond substituents is 1. The maximum absolute atomic E-state index is 11.9. The van der Waals surface area contributed by atoms with Crippen LogP contribution in [-0.2, 0) is 20.7 Å². The Hall–Kier alpha value is -3.51. The number of esters is 1. The monoisotopic (exact) mass is 453 g/mol. The molecule has 0 aliphatic heterocycles. The Morgan fingerprint density at radius 3 is 2.28 bits per heavy atom. The van der Waals surface area contributed by atoms with Gasteiger partial charge in [0.2, 0.25) is 0 Å². The molecule has 32 heavy (non-hydrogen) atoms. The fourth-order valence-corrected chi connectivity index (χ4v) is 3.40. The second-order valence-corrected chi connectivity index (χ2v) is 7.75. The lowest BCUT2D eigenvalue weighted by Gasteiger charge is -2.15. The molecule has 0 radical (unpaired) electrons. The highest BCUT2D eigenvalue weighted by molar-refractivity contribution is 6.37. The molecule has 2 N–H and O–H groups in total. The number of benzene rings is 3. The van der Waals surface area contributed by atoms with E-state index in [1.807, 2.05) is 38.1 Å². The summed E-state index contributed by atoms with van der Waals surface area (Å²) < 4.78 is 10.8. The van der Waals surface area contributed by atoms with E-state index >= 15 is 0 Å². The normalized spacial score (nSPS) is 10.5. The highest BCUT2D eigenvalue weighted by atomic mass is 35.5. The largest absolute Gasteiger partial charge is 0.508 e. The number of hydrogen-bond donors (Lipinski definition) is 2. The van der Waals surface area contributed by atoms with Crippen LogP contribution in [0.2, 0.25) is 5.02 Å². The van der Waals surface area contributed by atoms with Gasteiger partial charge in [-0.3, -0.25) is 4.79 Å². The lowest BCUT2D eigenvalue weighted by atomic mass is 10.0. The van der Waals surface area contributed by atoms with E-state index in [0.717, 1.165) is 22.3 Å². The van der Waals surface area contributed by atoms with Crippen LogP contribution in [-0.4, -0.2) is 23.6 Å². The van der Waals surface area contributed by atoms with Crippen LogP contribution >= 0.6 is 11.6 Å². The Bertz CT molecular complexity index is 1120. The highest BCUT2D eigenvalue weighted by Crippen LogP contribution is 2.34. The van der Waals surface area contributed by atoms with Crippen LogP contribution in [0.25, 0.3) is 0 Å². The number of carbonyl (C=O) groups excluding carboxylic acids is 2. The van der Waals surface area contributed by atoms with Crippen molar-refractivity contribution in [3.63, 3.8) is 0 Å². The van der Waals surface area contributed by atoms with E-state index in [1.165, 1.54) is 0 Å². The van der Waals surface area contributed by atoms with Gasteiger partial charge in [-0.2, -0.15) is 0 Å². The van der Waals surface area contributed by atoms with Gasteiger partial charge in [-0.15, -0.1) is 0 Å². The Labute approximate surface area is 191 Å². The van der Waals surface area contributed by atoms with Crippen molar-refractivity contribution in [1.29, 1.82) is 0 Å². The van der Waals surface area contributed by atoms with E-state index in [2.05, 4.69) is 5.32 Å². The van der Waals surface area contributed by atoms with Crippen LogP contribution < -0.4 is 10.1 Å². The Morgan fingerprint density at radius 1 is 1.00 bits per heavy atom. The number of aryl methyl sites for hydroxylation is 2. The first-order valence-corrected chi connectivity index (χ1v) is 10.5. The summed E-state index contributed by atoms with van der Waals surface area (Å²) in [5.41, 5.74) is 3.75. The number of anilines is 1. The predicted molar refractivity (Wildman–Crippen MR) is 124 cm³/mol. The summed E-state index contributed by atoms with van der Waals surface area (Å²) in [5.74, 6) is -0.383. The SMILES string of the molecule is CCOC(=O)C(=O)Nc1cc(C)c(Oc2ccc(O)c(Cc3ccc(Cl)cc3)c2)c(C)c1. The molecule has 1 amide bonds. The van der Waals surface area contributed by atoms with Crippen LogP contribution in [0.1, 0.15) is 29.2 Å². The van der Waals surface area contributed by atoms with Crippen molar-refractivity contribution < 1.29 is 24.2 Å². The van der Waals surface area contributed by atoms with Gasteiger partial charge < -0.3 is 19.9 Å². The van der Waals surface area contributed by atoms with Gasteiger partial charge >= 0.3 is 11.9 Å². The molecule has 0 saturated carbocycles. The molecule has 0 unspecified atom stereocenters. The lowest BCUT2D eigenvalue weighted by molar-refractivity contribution is -0.152. The fraction of sp³-hybridized carbons (Fsp3) is 0.200. The molecule has 6 nitrogen and oxygen atoms in total. The van der Waals surface area contributed by atoms with Crippen molar-refractivity contribution in [2.45, 2.75) is 27.2 Å². The van der Waals surface area contributed by atoms with Crippen LogP contribution in [0.3, 0.4) is 0 Å². The first-order chi connectivity index (χ1) is 15.3. The third-order valence-corrected chi connectivity index (χ3v) is 5.01. The van der Waals surface area contributed by atoms with Gasteiger partial charge in [0.1, 0.15) is 17.2 Å². The molecule has 0 bridgehead atoms. The first kappa shape index (κ1) is 23.2. The molecule has 0 spiro atoms. The van der Waals surface area contributed by atoms with Crippen molar-refractivity contribution >= 4 is 29.2 Å². The van der Waals surface area contributed by atoms with Gasteiger partial charge in [0, 0.05) is 22.7 Å². The topological polar surface area (TPSA) is 84.9 Å². The van der Waals surface area contributed by atoms with Gasteiger partial charge in [-0.25, -0.2) is 4.79 Å². The molecule has 0 aromatic heterocycles. The first-order valence-electron chi connectivity index (χ1n) is 10.1. The summed E-state index contributed by atoms with van der Waals surface area (Å²) >= 11 is 5.94. The number of amides is 1. The molecule has 7 heteroatoms. The Balaban J connectivity index is 1.78. The van der Waals surface area contributed by atoms with Gasteiger partial charge in [0.15, 0.2) is 0 Å². The summed E-state index contributed by atoms with van der Waals surface area (Å²) in [4.78, 5) is 23.4. The van der Waals surface area contributed by atoms with E-state index in [4.69, 9.17) is 21.1 Å². The molecule has 166 valence electrons. The zero-order valence-corrected chi connectivity index (χ0v) is 18.8. The summed E-state index contributed by atoms with van der Waals surface area (Å²) in [6, 6.07) is 15.9. The van der Waals surface area contributed by atoms with Crippen molar-refractivity contribution in [2.24, 2.45) is 0 Å². The van der Waals surface area contributed by atoms with E-state index in [-0.39, 0.29) is 12.4 Å². The summed E-state index contributed by atoms with van der Waals surface area (Å²) in [6.45, 7) is 5.45. The molecular weight excluding hydrogens is 430 g/mol. The summed E-state index contributed by atoms with van der Waals surface area (Å²) in [7, 11) is 0. The number of carbonyl (C=O) groups is 2. The Kier molecular flexibility index (Phi) is 7.38. The van der Waals surface area contributed by atoms with Crippen LogP contribution in [0.4, 0.5) is 5.69 Å². The van der Waals surface area contributed by atoms with Crippen molar-refractivity contribution in [3.8, 4) is 17.2 Å². The molecule has 3 aromatic rings. The Morgan fingerprint density at radius 2 is 1.66 bits per heavy atom. The molecule has 0 saturated heterocycles. The predicted octanol–water partition coefficient (Wildman–Crippen LogP) is 5.55. The third kappa shape index (κ3) is 5.80. The summed E-state index contributed by atoms with van der Waals surface area (Å²) in [6.07, 6.45) is 0.525. The van der Waals surface area contributed by atoms with Gasteiger partial charge in [0.05, 0.1) is 6.61 Å². The minimum absolute atomic E-state index is 0.129. The molecule has 0 aliphatic rings. The number of rotatable bonds is 6. The second-order valence-electron chi connectivity index (χ2n) is 7.31. The quantitative estimate of drug-likeness (QED) is 0.377. The highest BCUT2D eigenvalue weighted by Gasteiger charge is 2.16.